The number of nitrogens with zero attached hydrogens (tertiary/aromatic N) is 3. The van der Waals surface area contributed by atoms with Crippen molar-refractivity contribution in [1.29, 1.82) is 0 Å². The number of primary amides is 1. The van der Waals surface area contributed by atoms with E-state index in [0.717, 1.165) is 25.6 Å². The molecule has 1 aromatic heterocycles. The number of rotatable bonds is 6. The Hall–Kier alpha value is -3.40. The van der Waals surface area contributed by atoms with E-state index >= 15 is 0 Å². The highest BCUT2D eigenvalue weighted by Gasteiger charge is 2.26. The molecule has 0 unspecified atom stereocenters. The zero-order valence-electron chi connectivity index (χ0n) is 15.7. The fourth-order valence-electron chi connectivity index (χ4n) is 3.39. The minimum Gasteiger partial charge on any atom is -0.408 e. The van der Waals surface area contributed by atoms with Crippen molar-refractivity contribution in [2.45, 2.75) is 12.5 Å². The molecule has 7 nitrogen and oxygen atoms in total. The van der Waals surface area contributed by atoms with E-state index in [1.807, 2.05) is 0 Å². The Kier molecular flexibility index (Phi) is 5.40. The minimum absolute atomic E-state index is 0.0166. The Bertz CT molecular complexity index is 1110. The maximum Gasteiger partial charge on any atom is 0.410 e. The molecule has 10 heteroatoms. The van der Waals surface area contributed by atoms with E-state index in [1.165, 1.54) is 18.5 Å². The van der Waals surface area contributed by atoms with Crippen LogP contribution >= 0.6 is 0 Å². The number of hydrogen-bond donors (Lipinski definition) is 2. The van der Waals surface area contributed by atoms with Gasteiger partial charge in [-0.3, -0.25) is 0 Å². The van der Waals surface area contributed by atoms with Crippen LogP contribution in [0.2, 0.25) is 0 Å². The van der Waals surface area contributed by atoms with Gasteiger partial charge in [-0.15, -0.1) is 0 Å². The molecule has 3 N–H and O–H groups in total. The van der Waals surface area contributed by atoms with Gasteiger partial charge in [0.25, 0.3) is 0 Å². The Balaban J connectivity index is 1.74. The molecule has 2 aromatic carbocycles. The van der Waals surface area contributed by atoms with Crippen LogP contribution in [0.15, 0.2) is 36.7 Å². The van der Waals surface area contributed by atoms with Gasteiger partial charge in [-0.05, 0) is 37.7 Å². The highest BCUT2D eigenvalue weighted by Crippen LogP contribution is 2.31. The second-order valence-electron chi connectivity index (χ2n) is 6.91. The van der Waals surface area contributed by atoms with E-state index < -0.39 is 29.6 Å². The Labute approximate surface area is 169 Å². The number of aromatic nitrogens is 2. The molecule has 0 spiro atoms. The van der Waals surface area contributed by atoms with E-state index in [-0.39, 0.29) is 11.3 Å². The van der Waals surface area contributed by atoms with Gasteiger partial charge in [0.2, 0.25) is 0 Å². The Morgan fingerprint density at radius 2 is 1.97 bits per heavy atom. The number of para-hydroxylation sites is 1. The molecule has 0 saturated carbocycles. The van der Waals surface area contributed by atoms with Crippen LogP contribution in [-0.2, 0) is 0 Å². The lowest BCUT2D eigenvalue weighted by Gasteiger charge is -2.35. The summed E-state index contributed by atoms with van der Waals surface area (Å²) in [5.41, 5.74) is 5.40. The van der Waals surface area contributed by atoms with E-state index in [4.69, 9.17) is 10.5 Å². The maximum atomic E-state index is 14.5. The van der Waals surface area contributed by atoms with Gasteiger partial charge in [-0.25, -0.2) is 27.9 Å². The van der Waals surface area contributed by atoms with E-state index in [2.05, 4.69) is 20.2 Å². The summed E-state index contributed by atoms with van der Waals surface area (Å²) in [4.78, 5) is 21.5. The van der Waals surface area contributed by atoms with Crippen LogP contribution in [-0.4, -0.2) is 40.6 Å². The molecule has 3 aromatic rings. The summed E-state index contributed by atoms with van der Waals surface area (Å²) in [7, 11) is 0. The number of nitrogens with one attached hydrogen (secondary N) is 1. The van der Waals surface area contributed by atoms with Crippen LogP contribution in [0.4, 0.5) is 23.8 Å². The van der Waals surface area contributed by atoms with Crippen molar-refractivity contribution in [3.63, 3.8) is 0 Å². The molecule has 0 bridgehead atoms. The van der Waals surface area contributed by atoms with Crippen molar-refractivity contribution in [1.82, 2.24) is 14.9 Å². The molecule has 0 radical (unpaired) electrons. The number of likely N-dealkylation sites (tertiary alicyclic amines) is 1. The molecule has 30 heavy (non-hydrogen) atoms. The lowest BCUT2D eigenvalue weighted by molar-refractivity contribution is 0.173. The summed E-state index contributed by atoms with van der Waals surface area (Å²) in [5.74, 6) is -3.55. The smallest absolute Gasteiger partial charge is 0.408 e. The standard InChI is InChI=1S/C20H18F3N5O2/c21-13-6-5-11(16(22)17(13)23)14(9-28-7-2-8-28)27-19-12-3-1-4-15(30-20(24)29)18(12)25-10-26-19/h1,3-6,10,14H,2,7-9H2,(H2,24,29)(H,25,26,27)/t14-/m1/s1. The SMILES string of the molecule is NC(=O)Oc1cccc2c(N[C@H](CN3CCC3)c3ccc(F)c(F)c3F)ncnc12. The molecular weight excluding hydrogens is 399 g/mol. The van der Waals surface area contributed by atoms with Crippen molar-refractivity contribution in [2.24, 2.45) is 5.73 Å². The fraction of sp³-hybridized carbons (Fsp3) is 0.250. The molecule has 2 heterocycles. The average molecular weight is 417 g/mol. The quantitative estimate of drug-likeness (QED) is 0.598. The fourth-order valence-corrected chi connectivity index (χ4v) is 3.39. The third-order valence-electron chi connectivity index (χ3n) is 4.98. The third-order valence-corrected chi connectivity index (χ3v) is 4.98. The second-order valence-corrected chi connectivity index (χ2v) is 6.91. The number of fused-ring (bicyclic) bond motifs is 1. The Morgan fingerprint density at radius 3 is 2.67 bits per heavy atom. The summed E-state index contributed by atoms with van der Waals surface area (Å²) in [6.07, 6.45) is 1.27. The first-order chi connectivity index (χ1) is 14.4. The number of benzene rings is 2. The van der Waals surface area contributed by atoms with Gasteiger partial charge < -0.3 is 20.7 Å². The van der Waals surface area contributed by atoms with Gasteiger partial charge in [0.05, 0.1) is 6.04 Å². The maximum absolute atomic E-state index is 14.5. The van der Waals surface area contributed by atoms with E-state index in [0.29, 0.717) is 23.3 Å². The summed E-state index contributed by atoms with van der Waals surface area (Å²) < 4.78 is 46.8. The summed E-state index contributed by atoms with van der Waals surface area (Å²) in [6.45, 7) is 2.01. The summed E-state index contributed by atoms with van der Waals surface area (Å²) in [5, 5.41) is 3.61. The molecular formula is C20H18F3N5O2. The topological polar surface area (TPSA) is 93.4 Å². The van der Waals surface area contributed by atoms with Gasteiger partial charge in [-0.2, -0.15) is 0 Å². The molecule has 1 aliphatic rings. The van der Waals surface area contributed by atoms with Gasteiger partial charge in [-0.1, -0.05) is 12.1 Å². The number of carbonyl (C=O) groups is 1. The first-order valence-corrected chi connectivity index (χ1v) is 9.27. The van der Waals surface area contributed by atoms with Gasteiger partial charge in [0, 0.05) is 17.5 Å². The number of nitrogens with two attached hydrogens (primary N) is 1. The molecule has 1 amide bonds. The number of amides is 1. The third kappa shape index (κ3) is 3.86. The highest BCUT2D eigenvalue weighted by atomic mass is 19.2. The second kappa shape index (κ2) is 8.15. The van der Waals surface area contributed by atoms with Crippen LogP contribution in [0.25, 0.3) is 10.9 Å². The lowest BCUT2D eigenvalue weighted by Crippen LogP contribution is -2.41. The number of halogens is 3. The monoisotopic (exact) mass is 417 g/mol. The summed E-state index contributed by atoms with van der Waals surface area (Å²) >= 11 is 0. The zero-order chi connectivity index (χ0) is 21.3. The predicted octanol–water partition coefficient (Wildman–Crippen LogP) is 3.36. The number of hydrogen-bond acceptors (Lipinski definition) is 6. The molecule has 4 rings (SSSR count). The van der Waals surface area contributed by atoms with Gasteiger partial charge in [0.1, 0.15) is 17.7 Å². The van der Waals surface area contributed by atoms with Crippen LogP contribution < -0.4 is 15.8 Å². The number of anilines is 1. The van der Waals surface area contributed by atoms with E-state index in [1.54, 1.807) is 12.1 Å². The lowest BCUT2D eigenvalue weighted by atomic mass is 10.0. The predicted molar refractivity (Wildman–Crippen MR) is 103 cm³/mol. The van der Waals surface area contributed by atoms with Crippen LogP contribution in [0.1, 0.15) is 18.0 Å². The Morgan fingerprint density at radius 1 is 1.17 bits per heavy atom. The first-order valence-electron chi connectivity index (χ1n) is 9.27. The van der Waals surface area contributed by atoms with Crippen molar-refractivity contribution in [3.05, 3.63) is 59.7 Å². The number of carbonyl (C=O) groups excluding carboxylic acids is 1. The van der Waals surface area contributed by atoms with Crippen molar-refractivity contribution >= 4 is 22.8 Å². The van der Waals surface area contributed by atoms with Crippen LogP contribution in [0.5, 0.6) is 5.75 Å². The van der Waals surface area contributed by atoms with E-state index in [9.17, 15) is 18.0 Å². The molecule has 0 aliphatic carbocycles. The van der Waals surface area contributed by atoms with Crippen molar-refractivity contribution < 1.29 is 22.7 Å². The first kappa shape index (κ1) is 19.9. The molecule has 1 fully saturated rings. The minimum atomic E-state index is -1.52. The number of ether oxygens (including phenoxy) is 1. The zero-order valence-corrected chi connectivity index (χ0v) is 15.7. The van der Waals surface area contributed by atoms with Crippen molar-refractivity contribution in [2.75, 3.05) is 25.0 Å². The van der Waals surface area contributed by atoms with Crippen LogP contribution in [0, 0.1) is 17.5 Å². The summed E-state index contributed by atoms with van der Waals surface area (Å²) in [6, 6.07) is 6.24. The average Bonchev–Trinajstić information content (AvgIpc) is 2.68. The normalized spacial score (nSPS) is 14.9. The van der Waals surface area contributed by atoms with Gasteiger partial charge in [0.15, 0.2) is 23.2 Å². The molecule has 156 valence electrons. The largest absolute Gasteiger partial charge is 0.410 e. The molecule has 1 aliphatic heterocycles. The molecule has 1 saturated heterocycles. The van der Waals surface area contributed by atoms with Crippen molar-refractivity contribution in [3.8, 4) is 5.75 Å². The van der Waals surface area contributed by atoms with Gasteiger partial charge >= 0.3 is 6.09 Å². The molecule has 1 atom stereocenters. The van der Waals surface area contributed by atoms with Crippen LogP contribution in [0.3, 0.4) is 0 Å². The highest BCUT2D eigenvalue weighted by molar-refractivity contribution is 5.94.